The molecule has 12 heavy (non-hydrogen) atoms. The zero-order valence-corrected chi connectivity index (χ0v) is 7.46. The van der Waals surface area contributed by atoms with Gasteiger partial charge in [-0.25, -0.2) is 0 Å². The van der Waals surface area contributed by atoms with Crippen LogP contribution in [-0.4, -0.2) is 11.9 Å². The first-order chi connectivity index (χ1) is 5.67. The molecule has 1 aliphatic carbocycles. The van der Waals surface area contributed by atoms with Crippen LogP contribution < -0.4 is 0 Å². The summed E-state index contributed by atoms with van der Waals surface area (Å²) >= 11 is 0. The molecule has 2 heteroatoms. The van der Waals surface area contributed by atoms with Crippen molar-refractivity contribution in [2.75, 3.05) is 0 Å². The predicted molar refractivity (Wildman–Crippen MR) is 54.0 cm³/mol. The molecule has 1 aromatic heterocycles. The van der Waals surface area contributed by atoms with Crippen molar-refractivity contribution in [3.05, 3.63) is 29.4 Å². The van der Waals surface area contributed by atoms with Crippen molar-refractivity contribution in [2.24, 2.45) is 5.41 Å². The van der Waals surface area contributed by atoms with Crippen molar-refractivity contribution in [3.63, 3.8) is 0 Å². The van der Waals surface area contributed by atoms with Crippen LogP contribution in [0.2, 0.25) is 0 Å². The van der Waals surface area contributed by atoms with E-state index in [2.05, 4.69) is 49.0 Å². The molecule has 0 spiro atoms. The van der Waals surface area contributed by atoms with Gasteiger partial charge in [0.15, 0.2) is 0 Å². The van der Waals surface area contributed by atoms with E-state index in [0.717, 1.165) is 0 Å². The van der Waals surface area contributed by atoms with Gasteiger partial charge in [0.1, 0.15) is 0 Å². The normalized spacial score (nSPS) is 18.5. The quantitative estimate of drug-likeness (QED) is 0.595. The fourth-order valence-corrected chi connectivity index (χ4v) is 1.34. The first-order valence-electron chi connectivity index (χ1n) is 4.23. The Morgan fingerprint density at radius 2 is 2.00 bits per heavy atom. The molecule has 0 atom stereocenters. The van der Waals surface area contributed by atoms with Crippen LogP contribution in [0.25, 0.3) is 12.2 Å². The topological polar surface area (TPSA) is 15.8 Å². The third-order valence-corrected chi connectivity index (χ3v) is 2.18. The Hall–Kier alpha value is -1.05. The zero-order chi connectivity index (χ0) is 8.60. The Bertz CT molecular complexity index is 314. The average Bonchev–Trinajstić information content (AvgIpc) is 2.40. The Labute approximate surface area is 73.4 Å². The minimum atomic E-state index is 0.180. The van der Waals surface area contributed by atoms with Crippen molar-refractivity contribution in [2.45, 2.75) is 13.8 Å². The Morgan fingerprint density at radius 1 is 1.25 bits per heavy atom. The SMILES string of the molecule is CC1(C)C=Cc2cb[nH]c2C=C1. The molecule has 1 aromatic rings. The fraction of sp³-hybridized carbons (Fsp3) is 0.300. The number of fused-ring (bicyclic) bond motifs is 1. The molecule has 0 aromatic carbocycles. The second-order valence-corrected chi connectivity index (χ2v) is 3.83. The molecule has 1 aliphatic rings. The minimum absolute atomic E-state index is 0.180. The summed E-state index contributed by atoms with van der Waals surface area (Å²) in [5.74, 6) is 2.09. The van der Waals surface area contributed by atoms with Crippen LogP contribution in [-0.2, 0) is 0 Å². The second-order valence-electron chi connectivity index (χ2n) is 3.83. The van der Waals surface area contributed by atoms with Crippen LogP contribution in [0.4, 0.5) is 0 Å². The summed E-state index contributed by atoms with van der Waals surface area (Å²) in [6, 6.07) is 0. The van der Waals surface area contributed by atoms with Gasteiger partial charge in [-0.1, -0.05) is 0 Å². The summed E-state index contributed by atoms with van der Waals surface area (Å²) in [6.45, 7) is 4.40. The standard InChI is InChI=1S/C10H12BN/c1-10(2)5-3-8-7-11-12-9(8)4-6-10/h3-7,12H,1-2H3. The average molecular weight is 157 g/mol. The van der Waals surface area contributed by atoms with Gasteiger partial charge < -0.3 is 0 Å². The predicted octanol–water partition coefficient (Wildman–Crippen LogP) is 2.42. The molecule has 2 rings (SSSR count). The van der Waals surface area contributed by atoms with Gasteiger partial charge in [0.05, 0.1) is 0 Å². The summed E-state index contributed by atoms with van der Waals surface area (Å²) in [5.41, 5.74) is 2.66. The van der Waals surface area contributed by atoms with Crippen LogP contribution in [0, 0.1) is 5.41 Å². The summed E-state index contributed by atoms with van der Waals surface area (Å²) in [4.78, 5) is 3.20. The zero-order valence-electron chi connectivity index (χ0n) is 7.46. The molecule has 1 nitrogen and oxygen atoms in total. The first kappa shape index (κ1) is 7.60. The molecular weight excluding hydrogens is 145 g/mol. The monoisotopic (exact) mass is 157 g/mol. The number of hydrogen-bond donors (Lipinski definition) is 1. The summed E-state index contributed by atoms with van der Waals surface area (Å²) in [6.07, 6.45) is 8.76. The number of rotatable bonds is 0. The van der Waals surface area contributed by atoms with Gasteiger partial charge in [-0.2, -0.15) is 0 Å². The van der Waals surface area contributed by atoms with Crippen LogP contribution in [0.3, 0.4) is 0 Å². The van der Waals surface area contributed by atoms with Crippen molar-refractivity contribution in [3.8, 4) is 0 Å². The molecule has 0 radical (unpaired) electrons. The third-order valence-electron chi connectivity index (χ3n) is 2.18. The van der Waals surface area contributed by atoms with E-state index < -0.39 is 0 Å². The Balaban J connectivity index is 2.49. The summed E-state index contributed by atoms with van der Waals surface area (Å²) < 4.78 is 0. The van der Waals surface area contributed by atoms with Gasteiger partial charge in [-0.15, -0.1) is 0 Å². The number of hydrogen-bond acceptors (Lipinski definition) is 0. The van der Waals surface area contributed by atoms with Crippen LogP contribution >= 0.6 is 0 Å². The third kappa shape index (κ3) is 1.29. The van der Waals surface area contributed by atoms with E-state index in [0.29, 0.717) is 0 Å². The van der Waals surface area contributed by atoms with Crippen molar-refractivity contribution < 1.29 is 0 Å². The molecule has 0 bridgehead atoms. The first-order valence-corrected chi connectivity index (χ1v) is 4.23. The van der Waals surface area contributed by atoms with Crippen molar-refractivity contribution in [1.82, 2.24) is 4.89 Å². The van der Waals surface area contributed by atoms with Gasteiger partial charge in [0.25, 0.3) is 0 Å². The summed E-state index contributed by atoms with van der Waals surface area (Å²) in [7, 11) is 1.97. The van der Waals surface area contributed by atoms with Gasteiger partial charge in [-0.3, -0.25) is 0 Å². The van der Waals surface area contributed by atoms with E-state index in [1.165, 1.54) is 11.3 Å². The second kappa shape index (κ2) is 2.48. The van der Waals surface area contributed by atoms with E-state index in [9.17, 15) is 0 Å². The number of aromatic amines is 1. The van der Waals surface area contributed by atoms with E-state index in [1.54, 1.807) is 0 Å². The summed E-state index contributed by atoms with van der Waals surface area (Å²) in [5, 5.41) is 0. The fourth-order valence-electron chi connectivity index (χ4n) is 1.34. The van der Waals surface area contributed by atoms with Crippen LogP contribution in [0.5, 0.6) is 0 Å². The maximum atomic E-state index is 3.20. The van der Waals surface area contributed by atoms with Gasteiger partial charge in [0, 0.05) is 0 Å². The van der Waals surface area contributed by atoms with Crippen LogP contribution in [0.15, 0.2) is 18.1 Å². The number of allylic oxidation sites excluding steroid dienone is 2. The molecule has 0 aliphatic heterocycles. The van der Waals surface area contributed by atoms with Crippen molar-refractivity contribution >= 4 is 19.2 Å². The molecule has 60 valence electrons. The van der Waals surface area contributed by atoms with E-state index >= 15 is 0 Å². The molecule has 0 unspecified atom stereocenters. The molecule has 0 fully saturated rings. The van der Waals surface area contributed by atoms with E-state index in [-0.39, 0.29) is 5.41 Å². The Kier molecular flexibility index (Phi) is 1.57. The molecule has 0 saturated heterocycles. The van der Waals surface area contributed by atoms with Gasteiger partial charge in [0.2, 0.25) is 0 Å². The number of nitrogens with one attached hydrogen (secondary N) is 1. The van der Waals surface area contributed by atoms with Crippen molar-refractivity contribution in [1.29, 1.82) is 0 Å². The number of aromatic nitrogens is 1. The van der Waals surface area contributed by atoms with Gasteiger partial charge >= 0.3 is 72.7 Å². The Morgan fingerprint density at radius 3 is 2.83 bits per heavy atom. The molecule has 0 amide bonds. The molecule has 1 heterocycles. The molecule has 1 N–H and O–H groups in total. The van der Waals surface area contributed by atoms with Crippen LogP contribution in [0.1, 0.15) is 25.1 Å². The van der Waals surface area contributed by atoms with E-state index in [1.807, 2.05) is 7.05 Å². The van der Waals surface area contributed by atoms with E-state index in [4.69, 9.17) is 0 Å². The molecule has 0 saturated carbocycles. The number of H-pyrrole nitrogens is 1. The molecular formula is C10H12BN. The van der Waals surface area contributed by atoms with Gasteiger partial charge in [-0.05, 0) is 0 Å². The maximum absolute atomic E-state index is 3.20.